The normalized spacial score (nSPS) is 11.0. The van der Waals surface area contributed by atoms with Crippen molar-refractivity contribution in [1.82, 2.24) is 24.6 Å². The minimum atomic E-state index is -0.339. The van der Waals surface area contributed by atoms with E-state index in [9.17, 15) is 4.79 Å². The Kier molecular flexibility index (Phi) is 3.17. The van der Waals surface area contributed by atoms with Gasteiger partial charge in [-0.3, -0.25) is 4.98 Å². The summed E-state index contributed by atoms with van der Waals surface area (Å²) in [6.07, 6.45) is 5.10. The molecule has 3 aromatic heterocycles. The van der Waals surface area contributed by atoms with E-state index >= 15 is 0 Å². The van der Waals surface area contributed by atoms with Crippen LogP contribution in [0.5, 0.6) is 0 Å². The molecule has 0 bridgehead atoms. The van der Waals surface area contributed by atoms with Crippen molar-refractivity contribution in [1.29, 1.82) is 0 Å². The molecule has 0 aliphatic heterocycles. The molecule has 0 aliphatic rings. The first kappa shape index (κ1) is 13.7. The largest absolute Gasteiger partial charge is 0.349 e. The smallest absolute Gasteiger partial charge is 0.265 e. The minimum absolute atomic E-state index is 0.317. The number of nitrogens with zero attached hydrogens (tertiary/aromatic N) is 4. The lowest BCUT2D eigenvalue weighted by Gasteiger charge is -2.11. The van der Waals surface area contributed by atoms with E-state index < -0.39 is 0 Å². The molecule has 0 aliphatic carbocycles. The lowest BCUT2D eigenvalue weighted by atomic mass is 10.0. The van der Waals surface area contributed by atoms with Gasteiger partial charge in [0.05, 0.1) is 5.69 Å². The molecule has 0 saturated carbocycles. The number of halogens is 1. The molecule has 7 heteroatoms. The third-order valence-corrected chi connectivity index (χ3v) is 3.80. The fraction of sp³-hybridized carbons (Fsp3) is 0. The summed E-state index contributed by atoms with van der Waals surface area (Å²) >= 11 is 5.98. The molecule has 1 aromatic carbocycles. The van der Waals surface area contributed by atoms with Crippen LogP contribution in [0.15, 0.2) is 59.8 Å². The minimum Gasteiger partial charge on any atom is -0.265 e. The Morgan fingerprint density at radius 2 is 1.74 bits per heavy atom. The lowest BCUT2D eigenvalue weighted by molar-refractivity contribution is 1.03. The summed E-state index contributed by atoms with van der Waals surface area (Å²) in [5.74, 6) is 0.317. The Morgan fingerprint density at radius 1 is 1.00 bits per heavy atom. The van der Waals surface area contributed by atoms with Crippen molar-refractivity contribution in [2.75, 3.05) is 0 Å². The van der Waals surface area contributed by atoms with Crippen molar-refractivity contribution in [3.63, 3.8) is 0 Å². The van der Waals surface area contributed by atoms with Crippen LogP contribution in [-0.4, -0.2) is 24.6 Å². The van der Waals surface area contributed by atoms with Crippen LogP contribution < -0.4 is 5.69 Å². The van der Waals surface area contributed by atoms with Gasteiger partial charge in [-0.1, -0.05) is 23.7 Å². The first-order chi connectivity index (χ1) is 11.2. The second kappa shape index (κ2) is 5.33. The van der Waals surface area contributed by atoms with E-state index in [1.54, 1.807) is 30.7 Å². The molecule has 4 rings (SSSR count). The highest BCUT2D eigenvalue weighted by Crippen LogP contribution is 2.31. The van der Waals surface area contributed by atoms with Crippen molar-refractivity contribution < 1.29 is 0 Å². The Hall–Kier alpha value is -2.99. The summed E-state index contributed by atoms with van der Waals surface area (Å²) in [5.41, 5.74) is 2.93. The van der Waals surface area contributed by atoms with Crippen molar-refractivity contribution in [3.05, 3.63) is 70.5 Å². The molecule has 0 radical (unpaired) electrons. The van der Waals surface area contributed by atoms with Crippen LogP contribution in [0.25, 0.3) is 28.2 Å². The maximum Gasteiger partial charge on any atom is 0.349 e. The van der Waals surface area contributed by atoms with E-state index in [-0.39, 0.29) is 5.69 Å². The number of H-pyrrole nitrogens is 1. The highest BCUT2D eigenvalue weighted by molar-refractivity contribution is 6.30. The highest BCUT2D eigenvalue weighted by atomic mass is 35.5. The topological polar surface area (TPSA) is 75.9 Å². The Labute approximate surface area is 135 Å². The van der Waals surface area contributed by atoms with Crippen LogP contribution in [0.1, 0.15) is 0 Å². The fourth-order valence-electron chi connectivity index (χ4n) is 2.52. The van der Waals surface area contributed by atoms with Gasteiger partial charge in [0, 0.05) is 29.2 Å². The van der Waals surface area contributed by atoms with Gasteiger partial charge in [-0.05, 0) is 35.4 Å². The zero-order chi connectivity index (χ0) is 15.8. The molecular weight excluding hydrogens is 314 g/mol. The van der Waals surface area contributed by atoms with Gasteiger partial charge in [0.25, 0.3) is 5.78 Å². The summed E-state index contributed by atoms with van der Waals surface area (Å²) in [7, 11) is 0. The molecule has 112 valence electrons. The van der Waals surface area contributed by atoms with Gasteiger partial charge < -0.3 is 0 Å². The zero-order valence-corrected chi connectivity index (χ0v) is 12.5. The SMILES string of the molecule is O=c1[nH]nc2ncc(-c3ccncc3)c(-c3ccc(Cl)cc3)n12. The number of rotatable bonds is 2. The second-order valence-electron chi connectivity index (χ2n) is 4.93. The number of fused-ring (bicyclic) bond motifs is 1. The third kappa shape index (κ3) is 2.29. The number of nitrogens with one attached hydrogen (secondary N) is 1. The fourth-order valence-corrected chi connectivity index (χ4v) is 2.64. The summed E-state index contributed by atoms with van der Waals surface area (Å²) in [6.45, 7) is 0. The van der Waals surface area contributed by atoms with Gasteiger partial charge in [0.2, 0.25) is 0 Å². The van der Waals surface area contributed by atoms with Crippen molar-refractivity contribution in [2.45, 2.75) is 0 Å². The summed E-state index contributed by atoms with van der Waals surface area (Å²) < 4.78 is 1.46. The lowest BCUT2D eigenvalue weighted by Crippen LogP contribution is -2.13. The van der Waals surface area contributed by atoms with Crippen LogP contribution in [0, 0.1) is 0 Å². The predicted octanol–water partition coefficient (Wildman–Crippen LogP) is 2.80. The van der Waals surface area contributed by atoms with Gasteiger partial charge >= 0.3 is 5.69 Å². The van der Waals surface area contributed by atoms with Crippen molar-refractivity contribution in [2.24, 2.45) is 0 Å². The van der Waals surface area contributed by atoms with Crippen molar-refractivity contribution in [3.8, 4) is 22.4 Å². The quantitative estimate of drug-likeness (QED) is 0.615. The van der Waals surface area contributed by atoms with Gasteiger partial charge in [-0.2, -0.15) is 0 Å². The van der Waals surface area contributed by atoms with E-state index in [2.05, 4.69) is 20.2 Å². The number of hydrogen-bond acceptors (Lipinski definition) is 4. The first-order valence-electron chi connectivity index (χ1n) is 6.86. The Balaban J connectivity index is 2.11. The van der Waals surface area contributed by atoms with Crippen LogP contribution in [0.2, 0.25) is 5.02 Å². The Bertz CT molecular complexity index is 1040. The maximum absolute atomic E-state index is 12.2. The van der Waals surface area contributed by atoms with E-state index in [4.69, 9.17) is 11.6 Å². The average molecular weight is 324 g/mol. The van der Waals surface area contributed by atoms with Crippen LogP contribution in [0.3, 0.4) is 0 Å². The second-order valence-corrected chi connectivity index (χ2v) is 5.36. The summed E-state index contributed by atoms with van der Waals surface area (Å²) in [6, 6.07) is 11.0. The molecule has 23 heavy (non-hydrogen) atoms. The number of aromatic amines is 1. The number of pyridine rings is 1. The monoisotopic (exact) mass is 323 g/mol. The highest BCUT2D eigenvalue weighted by Gasteiger charge is 2.15. The summed E-state index contributed by atoms with van der Waals surface area (Å²) in [4.78, 5) is 20.5. The van der Waals surface area contributed by atoms with E-state index in [0.29, 0.717) is 16.5 Å². The third-order valence-electron chi connectivity index (χ3n) is 3.55. The van der Waals surface area contributed by atoms with Crippen LogP contribution in [0.4, 0.5) is 0 Å². The molecular formula is C16H10ClN5O. The molecule has 0 spiro atoms. The predicted molar refractivity (Wildman–Crippen MR) is 87.3 cm³/mol. The van der Waals surface area contributed by atoms with Gasteiger partial charge in [-0.15, -0.1) is 5.10 Å². The van der Waals surface area contributed by atoms with E-state index in [0.717, 1.165) is 16.7 Å². The molecule has 3 heterocycles. The van der Waals surface area contributed by atoms with E-state index in [1.807, 2.05) is 24.3 Å². The molecule has 0 saturated heterocycles. The number of hydrogen-bond donors (Lipinski definition) is 1. The van der Waals surface area contributed by atoms with Crippen LogP contribution >= 0.6 is 11.6 Å². The maximum atomic E-state index is 12.2. The van der Waals surface area contributed by atoms with Crippen molar-refractivity contribution >= 4 is 17.4 Å². The molecule has 0 unspecified atom stereocenters. The molecule has 6 nitrogen and oxygen atoms in total. The van der Waals surface area contributed by atoms with Gasteiger partial charge in [0.1, 0.15) is 0 Å². The molecule has 0 amide bonds. The zero-order valence-electron chi connectivity index (χ0n) is 11.8. The number of benzene rings is 1. The van der Waals surface area contributed by atoms with Crippen LogP contribution in [-0.2, 0) is 0 Å². The molecule has 4 aromatic rings. The molecule has 0 fully saturated rings. The molecule has 1 N–H and O–H groups in total. The molecule has 0 atom stereocenters. The van der Waals surface area contributed by atoms with Gasteiger partial charge in [0.15, 0.2) is 0 Å². The van der Waals surface area contributed by atoms with Gasteiger partial charge in [-0.25, -0.2) is 19.3 Å². The number of aromatic nitrogens is 5. The first-order valence-corrected chi connectivity index (χ1v) is 7.24. The Morgan fingerprint density at radius 3 is 2.48 bits per heavy atom. The standard InChI is InChI=1S/C16H10ClN5O/c17-12-3-1-11(2-4-12)14-13(10-5-7-18-8-6-10)9-19-15-20-21-16(23)22(14)15/h1-9H,(H,21,23). The average Bonchev–Trinajstić information content (AvgIpc) is 2.97. The summed E-state index contributed by atoms with van der Waals surface area (Å²) in [5, 5.41) is 6.99. The van der Waals surface area contributed by atoms with E-state index in [1.165, 1.54) is 4.40 Å².